The van der Waals surface area contributed by atoms with Crippen LogP contribution in [-0.4, -0.2) is 27.1 Å². The highest BCUT2D eigenvalue weighted by Crippen LogP contribution is 2.17. The number of hydrogen-bond acceptors (Lipinski definition) is 7. The molecule has 0 aliphatic carbocycles. The Hall–Kier alpha value is -2.78. The molecule has 1 rings (SSSR count). The Labute approximate surface area is 106 Å². The minimum atomic E-state index is -3.41. The van der Waals surface area contributed by atoms with E-state index in [1.165, 1.54) is 0 Å². The maximum Gasteiger partial charge on any atom is 0.701 e. The zero-order valence-corrected chi connectivity index (χ0v) is 9.59. The van der Waals surface area contributed by atoms with E-state index in [9.17, 15) is 30.3 Å². The van der Waals surface area contributed by atoms with Crippen LogP contribution in [0.15, 0.2) is 30.3 Å². The molecule has 0 aliphatic heterocycles. The lowest BCUT2D eigenvalue weighted by molar-refractivity contribution is -0.970. The van der Waals surface area contributed by atoms with Gasteiger partial charge in [0.25, 0.3) is 0 Å². The lowest BCUT2D eigenvalue weighted by Crippen LogP contribution is -2.54. The molecule has 0 spiro atoms. The van der Waals surface area contributed by atoms with Crippen LogP contribution in [0.2, 0.25) is 0 Å². The van der Waals surface area contributed by atoms with Gasteiger partial charge in [0, 0.05) is 12.2 Å². The van der Waals surface area contributed by atoms with E-state index in [0.717, 1.165) is 0 Å². The Morgan fingerprint density at radius 3 is 1.84 bits per heavy atom. The summed E-state index contributed by atoms with van der Waals surface area (Å²) >= 11 is 0. The van der Waals surface area contributed by atoms with Crippen LogP contribution in [0.4, 0.5) is 5.69 Å². The van der Waals surface area contributed by atoms with Crippen molar-refractivity contribution in [1.82, 2.24) is 0 Å². The molecule has 0 saturated carbocycles. The lowest BCUT2D eigenvalue weighted by atomic mass is 10.2. The van der Waals surface area contributed by atoms with E-state index in [1.54, 1.807) is 30.3 Å². The zero-order valence-electron chi connectivity index (χ0n) is 9.59. The van der Waals surface area contributed by atoms with Gasteiger partial charge in [0.05, 0.1) is 0 Å². The van der Waals surface area contributed by atoms with E-state index in [2.05, 4.69) is 5.32 Å². The molecular formula is C9H10N4O6. The summed E-state index contributed by atoms with van der Waals surface area (Å²) < 4.78 is 0. The number of para-hydroxylation sites is 1. The van der Waals surface area contributed by atoms with Crippen LogP contribution in [0.1, 0.15) is 6.42 Å². The lowest BCUT2D eigenvalue weighted by Gasteiger charge is -2.10. The minimum absolute atomic E-state index is 0.271. The van der Waals surface area contributed by atoms with E-state index in [1.807, 2.05) is 0 Å². The maximum absolute atomic E-state index is 10.6. The van der Waals surface area contributed by atoms with Crippen molar-refractivity contribution in [3.05, 3.63) is 60.7 Å². The zero-order chi connectivity index (χ0) is 14.5. The van der Waals surface area contributed by atoms with Crippen LogP contribution in [0, 0.1) is 30.3 Å². The van der Waals surface area contributed by atoms with Gasteiger partial charge >= 0.3 is 5.79 Å². The highest BCUT2D eigenvalue weighted by Gasteiger charge is 2.69. The number of rotatable bonds is 7. The van der Waals surface area contributed by atoms with Crippen LogP contribution in [0.3, 0.4) is 0 Å². The molecule has 1 aromatic rings. The monoisotopic (exact) mass is 270 g/mol. The second-order valence-corrected chi connectivity index (χ2v) is 3.59. The molecule has 10 nitrogen and oxygen atoms in total. The molecule has 0 aromatic heterocycles. The standard InChI is InChI=1S/C9H10N4O6/c14-11(15)9(12(16)17,13(18)19)6-7-10-8-4-2-1-3-5-8/h1-5,10H,6-7H2. The van der Waals surface area contributed by atoms with Crippen molar-refractivity contribution in [2.75, 3.05) is 11.9 Å². The maximum atomic E-state index is 10.6. The number of benzene rings is 1. The van der Waals surface area contributed by atoms with Crippen LogP contribution >= 0.6 is 0 Å². The summed E-state index contributed by atoms with van der Waals surface area (Å²) in [4.78, 5) is 27.5. The molecule has 0 radical (unpaired) electrons. The van der Waals surface area contributed by atoms with Crippen molar-refractivity contribution in [3.63, 3.8) is 0 Å². The molecule has 0 unspecified atom stereocenters. The Morgan fingerprint density at radius 2 is 1.42 bits per heavy atom. The minimum Gasteiger partial charge on any atom is -0.384 e. The van der Waals surface area contributed by atoms with Crippen molar-refractivity contribution < 1.29 is 14.8 Å². The first kappa shape index (κ1) is 14.3. The third-order valence-electron chi connectivity index (χ3n) is 2.44. The van der Waals surface area contributed by atoms with E-state index in [-0.39, 0.29) is 6.54 Å². The smallest absolute Gasteiger partial charge is 0.384 e. The van der Waals surface area contributed by atoms with Gasteiger partial charge in [-0.3, -0.25) is 30.3 Å². The summed E-state index contributed by atoms with van der Waals surface area (Å²) in [6, 6.07) is 8.37. The van der Waals surface area contributed by atoms with Crippen LogP contribution < -0.4 is 5.32 Å². The van der Waals surface area contributed by atoms with Gasteiger partial charge in [0.2, 0.25) is 0 Å². The van der Waals surface area contributed by atoms with Gasteiger partial charge in [0.15, 0.2) is 21.2 Å². The predicted molar refractivity (Wildman–Crippen MR) is 63.3 cm³/mol. The topological polar surface area (TPSA) is 141 Å². The van der Waals surface area contributed by atoms with Gasteiger partial charge in [-0.25, -0.2) is 0 Å². The SMILES string of the molecule is O=[N+]([O-])C(CCNc1ccccc1)([N+](=O)[O-])[N+](=O)[O-]. The van der Waals surface area contributed by atoms with Gasteiger partial charge in [-0.05, 0) is 12.1 Å². The Balaban J connectivity index is 2.77. The van der Waals surface area contributed by atoms with Gasteiger partial charge in [0.1, 0.15) is 0 Å². The quantitative estimate of drug-likeness (QED) is 0.441. The largest absolute Gasteiger partial charge is 0.701 e. The molecule has 1 N–H and O–H groups in total. The molecule has 0 atom stereocenters. The van der Waals surface area contributed by atoms with Crippen LogP contribution in [0.25, 0.3) is 0 Å². The summed E-state index contributed by atoms with van der Waals surface area (Å²) in [5.74, 6) is -3.41. The molecule has 0 fully saturated rings. The Bertz CT molecular complexity index is 455. The fraction of sp³-hybridized carbons (Fsp3) is 0.333. The first-order valence-corrected chi connectivity index (χ1v) is 5.13. The van der Waals surface area contributed by atoms with Crippen LogP contribution in [-0.2, 0) is 0 Å². The normalized spacial score (nSPS) is 10.7. The molecule has 0 heterocycles. The average Bonchev–Trinajstić information content (AvgIpc) is 2.34. The third kappa shape index (κ3) is 2.91. The van der Waals surface area contributed by atoms with Crippen LogP contribution in [0.5, 0.6) is 0 Å². The van der Waals surface area contributed by atoms with E-state index >= 15 is 0 Å². The summed E-state index contributed by atoms with van der Waals surface area (Å²) in [6.45, 7) is -0.271. The highest BCUT2D eigenvalue weighted by atomic mass is 16.7. The first-order valence-electron chi connectivity index (χ1n) is 5.13. The molecule has 10 heteroatoms. The Kier molecular flexibility index (Phi) is 4.29. The summed E-state index contributed by atoms with van der Waals surface area (Å²) in [5.41, 5.74) is 0.562. The van der Waals surface area contributed by atoms with Gasteiger partial charge in [-0.2, -0.15) is 0 Å². The van der Waals surface area contributed by atoms with Gasteiger partial charge in [-0.1, -0.05) is 18.2 Å². The van der Waals surface area contributed by atoms with Crippen molar-refractivity contribution >= 4 is 5.69 Å². The molecule has 1 aromatic carbocycles. The predicted octanol–water partition coefficient (Wildman–Crippen LogP) is 0.972. The van der Waals surface area contributed by atoms with E-state index < -0.39 is 27.0 Å². The number of anilines is 1. The fourth-order valence-corrected chi connectivity index (χ4v) is 1.40. The molecule has 0 amide bonds. The number of hydrogen-bond donors (Lipinski definition) is 1. The Morgan fingerprint density at radius 1 is 0.947 bits per heavy atom. The summed E-state index contributed by atoms with van der Waals surface area (Å²) in [5, 5.41) is 34.6. The van der Waals surface area contributed by atoms with Gasteiger partial charge in [-0.15, -0.1) is 0 Å². The van der Waals surface area contributed by atoms with Crippen molar-refractivity contribution in [1.29, 1.82) is 0 Å². The van der Waals surface area contributed by atoms with Crippen molar-refractivity contribution in [2.45, 2.75) is 12.2 Å². The van der Waals surface area contributed by atoms with Gasteiger partial charge < -0.3 is 5.32 Å². The summed E-state index contributed by atoms with van der Waals surface area (Å²) in [7, 11) is 0. The van der Waals surface area contributed by atoms with E-state index in [4.69, 9.17) is 0 Å². The van der Waals surface area contributed by atoms with E-state index in [0.29, 0.717) is 5.69 Å². The average molecular weight is 270 g/mol. The number of nitrogens with zero attached hydrogens (tertiary/aromatic N) is 3. The molecule has 0 bridgehead atoms. The molecule has 0 aliphatic rings. The van der Waals surface area contributed by atoms with Crippen molar-refractivity contribution in [3.8, 4) is 0 Å². The highest BCUT2D eigenvalue weighted by molar-refractivity contribution is 5.42. The molecule has 0 saturated heterocycles. The molecule has 19 heavy (non-hydrogen) atoms. The molecule has 102 valence electrons. The number of nitrogens with one attached hydrogen (secondary N) is 1. The first-order chi connectivity index (χ1) is 8.91. The molecular weight excluding hydrogens is 260 g/mol. The second-order valence-electron chi connectivity index (χ2n) is 3.59. The third-order valence-corrected chi connectivity index (χ3v) is 2.44. The second kappa shape index (κ2) is 5.71. The fourth-order valence-electron chi connectivity index (χ4n) is 1.40. The van der Waals surface area contributed by atoms with Crippen molar-refractivity contribution in [2.24, 2.45) is 0 Å². The number of nitro groups is 3. The summed E-state index contributed by atoms with van der Waals surface area (Å²) in [6.07, 6.45) is -0.866.